The fourth-order valence-electron chi connectivity index (χ4n) is 3.91. The number of thioether (sulfide) groups is 1. The summed E-state index contributed by atoms with van der Waals surface area (Å²) in [6, 6.07) is 7.05. The second-order valence-electron chi connectivity index (χ2n) is 5.78. The van der Waals surface area contributed by atoms with E-state index in [2.05, 4.69) is 23.1 Å². The van der Waals surface area contributed by atoms with E-state index in [9.17, 15) is 9.90 Å². The van der Waals surface area contributed by atoms with Crippen molar-refractivity contribution in [2.75, 3.05) is 30.3 Å². The van der Waals surface area contributed by atoms with Gasteiger partial charge in [-0.1, -0.05) is 12.1 Å². The summed E-state index contributed by atoms with van der Waals surface area (Å²) in [5, 5.41) is 9.25. The lowest BCUT2D eigenvalue weighted by Gasteiger charge is -2.37. The fourth-order valence-corrected chi connectivity index (χ4v) is 4.95. The SMILES string of the molecule is O=C(O)N1CC[C@@H]2[C@H](C1)c1cccc3c1N2CCCS3. The number of anilines is 1. The molecule has 1 aromatic rings. The average Bonchev–Trinajstić information content (AvgIpc) is 2.63. The second-order valence-corrected chi connectivity index (χ2v) is 6.92. The molecule has 0 spiro atoms. The highest BCUT2D eigenvalue weighted by molar-refractivity contribution is 7.99. The summed E-state index contributed by atoms with van der Waals surface area (Å²) < 4.78 is 0. The number of para-hydroxylation sites is 1. The molecule has 3 heterocycles. The lowest BCUT2D eigenvalue weighted by molar-refractivity contribution is 0.127. The maximum absolute atomic E-state index is 11.2. The van der Waals surface area contributed by atoms with Gasteiger partial charge in [0.15, 0.2) is 0 Å². The van der Waals surface area contributed by atoms with Gasteiger partial charge in [0.1, 0.15) is 0 Å². The van der Waals surface area contributed by atoms with Crippen molar-refractivity contribution < 1.29 is 9.90 Å². The van der Waals surface area contributed by atoms with Crippen molar-refractivity contribution in [3.63, 3.8) is 0 Å². The molecule has 0 bridgehead atoms. The van der Waals surface area contributed by atoms with E-state index in [0.717, 1.165) is 13.0 Å². The van der Waals surface area contributed by atoms with Crippen LogP contribution in [0.3, 0.4) is 0 Å². The zero-order valence-electron chi connectivity index (χ0n) is 11.3. The summed E-state index contributed by atoms with van der Waals surface area (Å²) in [6.45, 7) is 2.44. The molecule has 1 N–H and O–H groups in total. The molecular weight excluding hydrogens is 272 g/mol. The topological polar surface area (TPSA) is 43.8 Å². The van der Waals surface area contributed by atoms with Crippen LogP contribution >= 0.6 is 11.8 Å². The Kier molecular flexibility index (Phi) is 2.84. The van der Waals surface area contributed by atoms with Crippen LogP contribution in [0.25, 0.3) is 0 Å². The van der Waals surface area contributed by atoms with Crippen LogP contribution in [0, 0.1) is 0 Å². The van der Waals surface area contributed by atoms with E-state index in [-0.39, 0.29) is 0 Å². The van der Waals surface area contributed by atoms with E-state index in [1.807, 2.05) is 11.8 Å². The van der Waals surface area contributed by atoms with Crippen LogP contribution in [0.5, 0.6) is 0 Å². The van der Waals surface area contributed by atoms with Gasteiger partial charge in [-0.25, -0.2) is 4.79 Å². The summed E-state index contributed by atoms with van der Waals surface area (Å²) in [5.41, 5.74) is 2.77. The highest BCUT2D eigenvalue weighted by Crippen LogP contribution is 2.50. The minimum absolute atomic E-state index is 0.355. The first kappa shape index (κ1) is 12.4. The smallest absolute Gasteiger partial charge is 0.407 e. The van der Waals surface area contributed by atoms with Crippen molar-refractivity contribution in [2.24, 2.45) is 0 Å². The predicted octanol–water partition coefficient (Wildman–Crippen LogP) is 2.84. The van der Waals surface area contributed by atoms with Gasteiger partial charge in [-0.3, -0.25) is 0 Å². The van der Waals surface area contributed by atoms with Gasteiger partial charge in [-0.2, -0.15) is 0 Å². The summed E-state index contributed by atoms with van der Waals surface area (Å²) in [4.78, 5) is 16.8. The maximum Gasteiger partial charge on any atom is 0.407 e. The first-order valence-corrected chi connectivity index (χ1v) is 8.24. The Morgan fingerprint density at radius 1 is 1.35 bits per heavy atom. The monoisotopic (exact) mass is 290 g/mol. The molecule has 0 aromatic heterocycles. The predicted molar refractivity (Wildman–Crippen MR) is 79.9 cm³/mol. The number of nitrogens with zero attached hydrogens (tertiary/aromatic N) is 2. The number of benzene rings is 1. The molecule has 4 nitrogen and oxygen atoms in total. The normalized spacial score (nSPS) is 27.8. The van der Waals surface area contributed by atoms with E-state index in [1.165, 1.54) is 28.3 Å². The van der Waals surface area contributed by atoms with Crippen LogP contribution in [-0.4, -0.2) is 47.5 Å². The molecule has 1 amide bonds. The molecule has 1 fully saturated rings. The molecular formula is C15H18N2O2S. The molecule has 0 unspecified atom stereocenters. The number of hydrogen-bond acceptors (Lipinski definition) is 3. The molecule has 106 valence electrons. The van der Waals surface area contributed by atoms with E-state index >= 15 is 0 Å². The summed E-state index contributed by atoms with van der Waals surface area (Å²) in [6.07, 6.45) is 1.39. The fraction of sp³-hybridized carbons (Fsp3) is 0.533. The van der Waals surface area contributed by atoms with E-state index in [0.29, 0.717) is 25.0 Å². The third-order valence-electron chi connectivity index (χ3n) is 4.76. The van der Waals surface area contributed by atoms with Crippen molar-refractivity contribution >= 4 is 23.5 Å². The number of piperidine rings is 1. The number of likely N-dealkylation sites (tertiary alicyclic amines) is 1. The standard InChI is InChI=1S/C15H18N2O2S/c18-15(19)16-7-5-12-11(9-16)10-3-1-4-13-14(10)17(12)6-2-8-20-13/h1,3-4,11-12H,2,5-9H2,(H,18,19)/t11-,12-/m1/s1. The minimum Gasteiger partial charge on any atom is -0.465 e. The first-order valence-electron chi connectivity index (χ1n) is 7.26. The van der Waals surface area contributed by atoms with Gasteiger partial charge in [0.05, 0.1) is 5.69 Å². The van der Waals surface area contributed by atoms with Crippen LogP contribution in [0.1, 0.15) is 24.3 Å². The molecule has 20 heavy (non-hydrogen) atoms. The highest BCUT2D eigenvalue weighted by Gasteiger charge is 2.44. The van der Waals surface area contributed by atoms with Gasteiger partial charge in [0, 0.05) is 36.5 Å². The molecule has 0 aliphatic carbocycles. The zero-order chi connectivity index (χ0) is 13.7. The lowest BCUT2D eigenvalue weighted by Crippen LogP contribution is -2.48. The molecule has 1 saturated heterocycles. The number of hydrogen-bond donors (Lipinski definition) is 1. The Bertz CT molecular complexity index is 563. The van der Waals surface area contributed by atoms with Crippen LogP contribution < -0.4 is 4.90 Å². The van der Waals surface area contributed by atoms with Gasteiger partial charge in [0.2, 0.25) is 0 Å². The number of rotatable bonds is 0. The van der Waals surface area contributed by atoms with E-state index < -0.39 is 6.09 Å². The molecule has 0 radical (unpaired) electrons. The van der Waals surface area contributed by atoms with Crippen molar-refractivity contribution in [3.8, 4) is 0 Å². The Labute approximate surface area is 122 Å². The Morgan fingerprint density at radius 2 is 2.25 bits per heavy atom. The number of carbonyl (C=O) groups is 1. The number of carboxylic acid groups (broad SMARTS) is 1. The molecule has 1 aromatic carbocycles. The van der Waals surface area contributed by atoms with Crippen molar-refractivity contribution in [1.82, 2.24) is 4.90 Å². The number of fused-ring (bicyclic) bond motifs is 3. The summed E-state index contributed by atoms with van der Waals surface area (Å²) in [5.74, 6) is 1.54. The van der Waals surface area contributed by atoms with Crippen molar-refractivity contribution in [1.29, 1.82) is 0 Å². The average molecular weight is 290 g/mol. The van der Waals surface area contributed by atoms with Gasteiger partial charge in [-0.15, -0.1) is 11.8 Å². The van der Waals surface area contributed by atoms with Crippen LogP contribution in [-0.2, 0) is 0 Å². The largest absolute Gasteiger partial charge is 0.465 e. The minimum atomic E-state index is -0.777. The third kappa shape index (κ3) is 1.72. The van der Waals surface area contributed by atoms with Gasteiger partial charge in [-0.05, 0) is 30.2 Å². The van der Waals surface area contributed by atoms with Crippen LogP contribution in [0.15, 0.2) is 23.1 Å². The maximum atomic E-state index is 11.2. The van der Waals surface area contributed by atoms with Gasteiger partial charge >= 0.3 is 6.09 Å². The van der Waals surface area contributed by atoms with Crippen LogP contribution in [0.2, 0.25) is 0 Å². The molecule has 2 atom stereocenters. The summed E-state index contributed by atoms with van der Waals surface area (Å²) >= 11 is 1.95. The zero-order valence-corrected chi connectivity index (χ0v) is 12.1. The van der Waals surface area contributed by atoms with Gasteiger partial charge in [0.25, 0.3) is 0 Å². The molecule has 4 rings (SSSR count). The number of amides is 1. The molecule has 0 saturated carbocycles. The third-order valence-corrected chi connectivity index (χ3v) is 5.90. The second kappa shape index (κ2) is 4.58. The summed E-state index contributed by atoms with van der Waals surface area (Å²) in [7, 11) is 0. The van der Waals surface area contributed by atoms with E-state index in [1.54, 1.807) is 4.90 Å². The Hall–Kier alpha value is -1.36. The van der Waals surface area contributed by atoms with Crippen molar-refractivity contribution in [2.45, 2.75) is 29.7 Å². The van der Waals surface area contributed by atoms with Gasteiger partial charge < -0.3 is 14.9 Å². The molecule has 3 aliphatic heterocycles. The Balaban J connectivity index is 1.77. The first-order chi connectivity index (χ1) is 9.75. The van der Waals surface area contributed by atoms with Crippen LogP contribution in [0.4, 0.5) is 10.5 Å². The lowest BCUT2D eigenvalue weighted by atomic mass is 9.89. The van der Waals surface area contributed by atoms with Crippen molar-refractivity contribution in [3.05, 3.63) is 23.8 Å². The van der Waals surface area contributed by atoms with E-state index in [4.69, 9.17) is 0 Å². The highest BCUT2D eigenvalue weighted by atomic mass is 32.2. The quantitative estimate of drug-likeness (QED) is 0.798. The molecule has 5 heteroatoms. The molecule has 3 aliphatic rings. The Morgan fingerprint density at radius 3 is 3.10 bits per heavy atom.